The van der Waals surface area contributed by atoms with Crippen LogP contribution in [0.25, 0.3) is 11.3 Å². The fourth-order valence-corrected chi connectivity index (χ4v) is 2.81. The predicted octanol–water partition coefficient (Wildman–Crippen LogP) is 3.43. The number of aromatic nitrogens is 2. The zero-order valence-corrected chi connectivity index (χ0v) is 12.0. The van der Waals surface area contributed by atoms with Crippen molar-refractivity contribution in [1.82, 2.24) is 15.0 Å². The van der Waals surface area contributed by atoms with Gasteiger partial charge in [-0.25, -0.2) is 0 Å². The van der Waals surface area contributed by atoms with Crippen molar-refractivity contribution in [2.75, 3.05) is 7.05 Å². The molecule has 0 bridgehead atoms. The summed E-state index contributed by atoms with van der Waals surface area (Å²) < 4.78 is 5.39. The van der Waals surface area contributed by atoms with Gasteiger partial charge in [0.2, 0.25) is 0 Å². The fraction of sp³-hybridized carbons (Fsp3) is 0.200. The summed E-state index contributed by atoms with van der Waals surface area (Å²) in [6.07, 6.45) is 3.54. The van der Waals surface area contributed by atoms with E-state index in [9.17, 15) is 0 Å². The second-order valence-corrected chi connectivity index (χ2v) is 5.70. The molecule has 0 aliphatic heterocycles. The van der Waals surface area contributed by atoms with Crippen LogP contribution in [-0.2, 0) is 13.1 Å². The lowest BCUT2D eigenvalue weighted by Gasteiger charge is -2.12. The maximum atomic E-state index is 5.39. The summed E-state index contributed by atoms with van der Waals surface area (Å²) in [7, 11) is 2.08. The summed E-state index contributed by atoms with van der Waals surface area (Å²) in [6, 6.07) is 10.1. The Kier molecular flexibility index (Phi) is 3.90. The second-order valence-electron chi connectivity index (χ2n) is 4.67. The van der Waals surface area contributed by atoms with Gasteiger partial charge in [0.25, 0.3) is 0 Å². The van der Waals surface area contributed by atoms with Crippen molar-refractivity contribution < 1.29 is 4.52 Å². The van der Waals surface area contributed by atoms with Crippen LogP contribution in [0.4, 0.5) is 0 Å². The highest BCUT2D eigenvalue weighted by Crippen LogP contribution is 2.19. The lowest BCUT2D eigenvalue weighted by Crippen LogP contribution is -2.16. The van der Waals surface area contributed by atoms with E-state index in [1.807, 2.05) is 18.2 Å². The van der Waals surface area contributed by atoms with Crippen LogP contribution in [0.1, 0.15) is 10.6 Å². The van der Waals surface area contributed by atoms with Gasteiger partial charge in [-0.3, -0.25) is 9.88 Å². The summed E-state index contributed by atoms with van der Waals surface area (Å²) >= 11 is 1.77. The third kappa shape index (κ3) is 3.12. The molecule has 0 spiro atoms. The Morgan fingerprint density at radius 3 is 2.95 bits per heavy atom. The Morgan fingerprint density at radius 1 is 1.25 bits per heavy atom. The van der Waals surface area contributed by atoms with Crippen LogP contribution in [0.5, 0.6) is 0 Å². The molecule has 3 aromatic heterocycles. The summed E-state index contributed by atoms with van der Waals surface area (Å²) in [6.45, 7) is 1.66. The molecule has 0 atom stereocenters. The molecule has 0 amide bonds. The van der Waals surface area contributed by atoms with Gasteiger partial charge in [-0.05, 0) is 30.6 Å². The molecule has 3 rings (SSSR count). The van der Waals surface area contributed by atoms with E-state index in [4.69, 9.17) is 4.52 Å². The van der Waals surface area contributed by atoms with Gasteiger partial charge in [0.1, 0.15) is 5.69 Å². The van der Waals surface area contributed by atoms with E-state index in [0.29, 0.717) is 0 Å². The molecular weight excluding hydrogens is 270 g/mol. The van der Waals surface area contributed by atoms with Crippen molar-refractivity contribution >= 4 is 11.3 Å². The van der Waals surface area contributed by atoms with E-state index in [2.05, 4.69) is 39.6 Å². The normalized spacial score (nSPS) is 11.1. The van der Waals surface area contributed by atoms with Crippen molar-refractivity contribution in [1.29, 1.82) is 0 Å². The minimum atomic E-state index is 0.741. The standard InChI is InChI=1S/C15H15N3OS/c1-18(11-14-5-3-7-20-14)10-13-8-15(17-19-13)12-4-2-6-16-9-12/h2-9H,10-11H2,1H3. The molecule has 0 saturated carbocycles. The number of thiophene rings is 1. The Morgan fingerprint density at radius 2 is 2.20 bits per heavy atom. The lowest BCUT2D eigenvalue weighted by molar-refractivity contribution is 0.268. The minimum absolute atomic E-state index is 0.741. The first-order valence-electron chi connectivity index (χ1n) is 6.38. The molecule has 0 aliphatic rings. The summed E-state index contributed by atoms with van der Waals surface area (Å²) in [5, 5.41) is 6.19. The first kappa shape index (κ1) is 13.0. The van der Waals surface area contributed by atoms with Crippen molar-refractivity contribution in [3.8, 4) is 11.3 Å². The third-order valence-electron chi connectivity index (χ3n) is 2.95. The average molecular weight is 285 g/mol. The van der Waals surface area contributed by atoms with Gasteiger partial charge in [0.15, 0.2) is 5.76 Å². The highest BCUT2D eigenvalue weighted by molar-refractivity contribution is 7.09. The van der Waals surface area contributed by atoms with E-state index in [1.165, 1.54) is 4.88 Å². The van der Waals surface area contributed by atoms with Gasteiger partial charge in [-0.2, -0.15) is 0 Å². The van der Waals surface area contributed by atoms with Crippen molar-refractivity contribution in [2.24, 2.45) is 0 Å². The van der Waals surface area contributed by atoms with Crippen LogP contribution in [0.15, 0.2) is 52.6 Å². The second kappa shape index (κ2) is 5.98. The first-order chi connectivity index (χ1) is 9.81. The maximum Gasteiger partial charge on any atom is 0.151 e. The van der Waals surface area contributed by atoms with Crippen LogP contribution < -0.4 is 0 Å². The molecule has 0 N–H and O–H groups in total. The smallest absolute Gasteiger partial charge is 0.151 e. The van der Waals surface area contributed by atoms with Crippen LogP contribution >= 0.6 is 11.3 Å². The van der Waals surface area contributed by atoms with Crippen LogP contribution in [0.3, 0.4) is 0 Å². The largest absolute Gasteiger partial charge is 0.359 e. The van der Waals surface area contributed by atoms with Crippen LogP contribution in [-0.4, -0.2) is 22.1 Å². The van der Waals surface area contributed by atoms with Crippen molar-refractivity contribution in [3.05, 3.63) is 58.7 Å². The molecule has 0 fully saturated rings. The molecule has 5 heteroatoms. The molecule has 0 saturated heterocycles. The molecule has 102 valence electrons. The van der Waals surface area contributed by atoms with Gasteiger partial charge >= 0.3 is 0 Å². The molecule has 3 heterocycles. The van der Waals surface area contributed by atoms with Gasteiger partial charge in [-0.1, -0.05) is 11.2 Å². The Hall–Kier alpha value is -1.98. The molecule has 20 heavy (non-hydrogen) atoms. The first-order valence-corrected chi connectivity index (χ1v) is 7.26. The monoisotopic (exact) mass is 285 g/mol. The Bertz CT molecular complexity index is 649. The van der Waals surface area contributed by atoms with E-state index in [0.717, 1.165) is 30.1 Å². The predicted molar refractivity (Wildman–Crippen MR) is 79.2 cm³/mol. The zero-order chi connectivity index (χ0) is 13.8. The third-order valence-corrected chi connectivity index (χ3v) is 3.81. The zero-order valence-electron chi connectivity index (χ0n) is 11.2. The minimum Gasteiger partial charge on any atom is -0.359 e. The Labute approximate surface area is 121 Å². The van der Waals surface area contributed by atoms with Crippen LogP contribution in [0.2, 0.25) is 0 Å². The number of hydrogen-bond acceptors (Lipinski definition) is 5. The van der Waals surface area contributed by atoms with Crippen molar-refractivity contribution in [3.63, 3.8) is 0 Å². The van der Waals surface area contributed by atoms with E-state index >= 15 is 0 Å². The number of pyridine rings is 1. The molecule has 0 aromatic carbocycles. The van der Waals surface area contributed by atoms with E-state index < -0.39 is 0 Å². The number of nitrogens with zero attached hydrogens (tertiary/aromatic N) is 3. The lowest BCUT2D eigenvalue weighted by atomic mass is 10.2. The van der Waals surface area contributed by atoms with Gasteiger partial charge < -0.3 is 4.52 Å². The summed E-state index contributed by atoms with van der Waals surface area (Å²) in [5.41, 5.74) is 1.81. The van der Waals surface area contributed by atoms with E-state index in [1.54, 1.807) is 23.7 Å². The van der Waals surface area contributed by atoms with Crippen molar-refractivity contribution in [2.45, 2.75) is 13.1 Å². The molecular formula is C15H15N3OS. The number of hydrogen-bond donors (Lipinski definition) is 0. The number of rotatable bonds is 5. The topological polar surface area (TPSA) is 42.2 Å². The quantitative estimate of drug-likeness (QED) is 0.720. The molecule has 0 aliphatic carbocycles. The highest BCUT2D eigenvalue weighted by Gasteiger charge is 2.09. The van der Waals surface area contributed by atoms with Gasteiger partial charge in [-0.15, -0.1) is 11.3 Å². The molecule has 0 radical (unpaired) electrons. The van der Waals surface area contributed by atoms with Gasteiger partial charge in [0, 0.05) is 35.4 Å². The molecule has 4 nitrogen and oxygen atoms in total. The molecule has 3 aromatic rings. The Balaban J connectivity index is 1.65. The summed E-state index contributed by atoms with van der Waals surface area (Å²) in [4.78, 5) is 7.64. The van der Waals surface area contributed by atoms with E-state index in [-0.39, 0.29) is 0 Å². The van der Waals surface area contributed by atoms with Crippen LogP contribution in [0, 0.1) is 0 Å². The highest BCUT2D eigenvalue weighted by atomic mass is 32.1. The molecule has 0 unspecified atom stereocenters. The van der Waals surface area contributed by atoms with Gasteiger partial charge in [0.05, 0.1) is 6.54 Å². The maximum absolute atomic E-state index is 5.39. The summed E-state index contributed by atoms with van der Waals surface area (Å²) in [5.74, 6) is 0.864. The SMILES string of the molecule is CN(Cc1cc(-c2cccnc2)no1)Cc1cccs1. The average Bonchev–Trinajstić information content (AvgIpc) is 3.11. The fourth-order valence-electron chi connectivity index (χ4n) is 2.03.